The van der Waals surface area contributed by atoms with Crippen molar-refractivity contribution in [3.63, 3.8) is 0 Å². The van der Waals surface area contributed by atoms with Gasteiger partial charge in [-0.15, -0.1) is 0 Å². The minimum Gasteiger partial charge on any atom is -0.444 e. The number of hydrogen-bond donors (Lipinski definition) is 1. The molecule has 43 heavy (non-hydrogen) atoms. The van der Waals surface area contributed by atoms with Crippen molar-refractivity contribution in [1.82, 2.24) is 5.32 Å². The molecule has 0 aliphatic heterocycles. The summed E-state index contributed by atoms with van der Waals surface area (Å²) in [4.78, 5) is 13.2. The van der Waals surface area contributed by atoms with Crippen LogP contribution in [0.5, 0.6) is 0 Å². The lowest BCUT2D eigenvalue weighted by Gasteiger charge is -2.31. The Morgan fingerprint density at radius 3 is 2.05 bits per heavy atom. The molecule has 3 unspecified atom stereocenters. The van der Waals surface area contributed by atoms with E-state index in [1.807, 2.05) is 58.0 Å². The van der Waals surface area contributed by atoms with Crippen molar-refractivity contribution in [2.24, 2.45) is 5.92 Å². The monoisotopic (exact) mass is 622 g/mol. The first-order valence-electron chi connectivity index (χ1n) is 14.8. The average molecular weight is 623 g/mol. The first-order valence-corrected chi connectivity index (χ1v) is 17.6. The van der Waals surface area contributed by atoms with Gasteiger partial charge >= 0.3 is 6.09 Å². The van der Waals surface area contributed by atoms with E-state index in [4.69, 9.17) is 13.3 Å². The Balaban J connectivity index is 1.60. The molecular formula is C34H44NO6SSi. The molecule has 3 aromatic rings. The minimum absolute atomic E-state index is 0.0115. The van der Waals surface area contributed by atoms with E-state index in [0.29, 0.717) is 19.3 Å². The fraction of sp³-hybridized carbons (Fsp3) is 0.441. The van der Waals surface area contributed by atoms with Gasteiger partial charge in [-0.3, -0.25) is 9.50 Å². The van der Waals surface area contributed by atoms with Crippen LogP contribution in [0.3, 0.4) is 0 Å². The number of rotatable bonds is 9. The first-order chi connectivity index (χ1) is 20.1. The number of ether oxygens (including phenoxy) is 1. The zero-order valence-corrected chi connectivity index (χ0v) is 28.0. The Morgan fingerprint density at radius 2 is 1.47 bits per heavy atom. The van der Waals surface area contributed by atoms with Crippen LogP contribution in [0.2, 0.25) is 0 Å². The van der Waals surface area contributed by atoms with Crippen LogP contribution in [0.25, 0.3) is 0 Å². The van der Waals surface area contributed by atoms with Crippen molar-refractivity contribution in [3.05, 3.63) is 90.0 Å². The number of aryl methyl sites for hydroxylation is 1. The maximum absolute atomic E-state index is 13.0. The van der Waals surface area contributed by atoms with Gasteiger partial charge in [-0.05, 0) is 80.4 Å². The Labute approximate surface area is 258 Å². The second kappa shape index (κ2) is 13.3. The van der Waals surface area contributed by atoms with Gasteiger partial charge in [0.05, 0.1) is 11.0 Å². The minimum atomic E-state index is -3.93. The predicted molar refractivity (Wildman–Crippen MR) is 171 cm³/mol. The summed E-state index contributed by atoms with van der Waals surface area (Å²) in [6.07, 6.45) is -0.242. The Bertz CT molecular complexity index is 1460. The average Bonchev–Trinajstić information content (AvgIpc) is 3.38. The van der Waals surface area contributed by atoms with Crippen LogP contribution in [-0.4, -0.2) is 41.5 Å². The van der Waals surface area contributed by atoms with E-state index in [0.717, 1.165) is 15.9 Å². The molecule has 1 aliphatic carbocycles. The van der Waals surface area contributed by atoms with Gasteiger partial charge in [0.15, 0.2) is 0 Å². The Kier molecular flexibility index (Phi) is 10.2. The summed E-state index contributed by atoms with van der Waals surface area (Å²) < 4.78 is 44.2. The summed E-state index contributed by atoms with van der Waals surface area (Å²) in [6.45, 7) is 13.9. The van der Waals surface area contributed by atoms with E-state index in [-0.39, 0.29) is 16.2 Å². The highest BCUT2D eigenvalue weighted by molar-refractivity contribution is 7.86. The number of nitrogens with one attached hydrogen (secondary N) is 1. The summed E-state index contributed by atoms with van der Waals surface area (Å²) in [5.41, 5.74) is 1.52. The van der Waals surface area contributed by atoms with E-state index in [1.54, 1.807) is 24.3 Å². The molecule has 0 aromatic heterocycles. The van der Waals surface area contributed by atoms with Crippen LogP contribution in [-0.2, 0) is 28.9 Å². The lowest BCUT2D eigenvalue weighted by molar-refractivity contribution is 0.0290. The molecule has 1 amide bonds. The van der Waals surface area contributed by atoms with E-state index >= 15 is 0 Å². The molecule has 1 N–H and O–H groups in total. The highest BCUT2D eigenvalue weighted by Gasteiger charge is 2.38. The molecule has 231 valence electrons. The van der Waals surface area contributed by atoms with Crippen LogP contribution in [0.4, 0.5) is 4.79 Å². The molecule has 4 rings (SSSR count). The molecule has 3 aromatic carbocycles. The number of alkyl carbamates (subject to hydrolysis) is 1. The fourth-order valence-electron chi connectivity index (χ4n) is 5.08. The van der Waals surface area contributed by atoms with E-state index < -0.39 is 43.2 Å². The van der Waals surface area contributed by atoms with Crippen LogP contribution >= 0.6 is 0 Å². The number of carbonyl (C=O) groups is 1. The van der Waals surface area contributed by atoms with Gasteiger partial charge in [-0.1, -0.05) is 93.1 Å². The molecule has 0 bridgehead atoms. The van der Waals surface area contributed by atoms with Crippen molar-refractivity contribution >= 4 is 35.6 Å². The van der Waals surface area contributed by atoms with Crippen LogP contribution in [0.15, 0.2) is 83.8 Å². The summed E-state index contributed by atoms with van der Waals surface area (Å²) >= 11 is 0. The highest BCUT2D eigenvalue weighted by atomic mass is 32.2. The smallest absolute Gasteiger partial charge is 0.409 e. The lowest BCUT2D eigenvalue weighted by Crippen LogP contribution is -2.54. The summed E-state index contributed by atoms with van der Waals surface area (Å²) in [5, 5.41) is 5.07. The number of benzene rings is 3. The second-order valence-corrected chi connectivity index (χ2v) is 16.9. The van der Waals surface area contributed by atoms with Gasteiger partial charge in [-0.2, -0.15) is 8.42 Å². The molecule has 1 radical (unpaired) electrons. The van der Waals surface area contributed by atoms with Crippen LogP contribution < -0.4 is 15.7 Å². The summed E-state index contributed by atoms with van der Waals surface area (Å²) in [5.74, 6) is -0.178. The molecule has 0 heterocycles. The highest BCUT2D eigenvalue weighted by Crippen LogP contribution is 2.33. The van der Waals surface area contributed by atoms with Crippen LogP contribution in [0.1, 0.15) is 71.9 Å². The number of amides is 1. The zero-order valence-electron chi connectivity index (χ0n) is 26.2. The molecule has 1 fully saturated rings. The number of carbonyl (C=O) groups excluding carboxylic acids is 1. The molecule has 0 saturated heterocycles. The van der Waals surface area contributed by atoms with E-state index in [2.05, 4.69) is 50.4 Å². The van der Waals surface area contributed by atoms with Gasteiger partial charge in [0.1, 0.15) is 11.8 Å². The Morgan fingerprint density at radius 1 is 0.860 bits per heavy atom. The molecule has 9 heteroatoms. The topological polar surface area (TPSA) is 90.9 Å². The van der Waals surface area contributed by atoms with Gasteiger partial charge in [0, 0.05) is 5.92 Å². The quantitative estimate of drug-likeness (QED) is 0.183. The van der Waals surface area contributed by atoms with Crippen molar-refractivity contribution in [2.45, 2.75) is 96.0 Å². The third-order valence-corrected chi connectivity index (χ3v) is 11.0. The Hall–Kier alpha value is -2.98. The predicted octanol–water partition coefficient (Wildman–Crippen LogP) is 5.84. The van der Waals surface area contributed by atoms with Crippen molar-refractivity contribution in [1.29, 1.82) is 0 Å². The van der Waals surface area contributed by atoms with Gasteiger partial charge in [0.2, 0.25) is 0 Å². The van der Waals surface area contributed by atoms with Gasteiger partial charge in [-0.25, -0.2) is 4.79 Å². The fourth-order valence-corrected chi connectivity index (χ4v) is 8.27. The molecular weight excluding hydrogens is 579 g/mol. The summed E-state index contributed by atoms with van der Waals surface area (Å²) in [6, 6.07) is 25.2. The SMILES string of the molecule is Cc1ccc(S(=O)(=O)OC2CCC(C(NC(=O)OC(C)(C)C)O[Si](c3ccccc3)c3ccc(C(C)(C)C)cc3)C2)cc1. The maximum atomic E-state index is 13.0. The van der Waals surface area contributed by atoms with Gasteiger partial charge in [0.25, 0.3) is 19.2 Å². The molecule has 1 aliphatic rings. The third kappa shape index (κ3) is 9.25. The number of hydrogen-bond acceptors (Lipinski definition) is 6. The van der Waals surface area contributed by atoms with E-state index in [9.17, 15) is 13.2 Å². The van der Waals surface area contributed by atoms with Crippen molar-refractivity contribution in [2.75, 3.05) is 0 Å². The van der Waals surface area contributed by atoms with Crippen LogP contribution in [0, 0.1) is 12.8 Å². The largest absolute Gasteiger partial charge is 0.444 e. The first kappa shape index (κ1) is 32.9. The van der Waals surface area contributed by atoms with Crippen molar-refractivity contribution < 1.29 is 26.6 Å². The normalized spacial score (nSPS) is 18.4. The second-order valence-electron chi connectivity index (χ2n) is 13.3. The molecule has 0 spiro atoms. The van der Waals surface area contributed by atoms with Gasteiger partial charge < -0.3 is 9.16 Å². The van der Waals surface area contributed by atoms with Crippen molar-refractivity contribution in [3.8, 4) is 0 Å². The standard InChI is InChI=1S/C34H44NO6SSi/c1-24-13-19-28(20-14-24)42(37,38)40-27-18-15-25(23-27)31(35-32(36)39-34(5,6)7)41-43(29-11-9-8-10-12-29)30-21-16-26(17-22-30)33(2,3)4/h8-14,16-17,19-22,25,27,31H,15,18,23H2,1-7H3,(H,35,36). The third-order valence-electron chi connectivity index (χ3n) is 7.38. The lowest BCUT2D eigenvalue weighted by atomic mass is 9.87. The molecule has 7 nitrogen and oxygen atoms in total. The van der Waals surface area contributed by atoms with E-state index in [1.165, 1.54) is 5.56 Å². The summed E-state index contributed by atoms with van der Waals surface area (Å²) in [7, 11) is -5.74. The zero-order chi connectivity index (χ0) is 31.4. The molecule has 3 atom stereocenters. The molecule has 1 saturated carbocycles. The maximum Gasteiger partial charge on any atom is 0.409 e.